The van der Waals surface area contributed by atoms with E-state index in [1.165, 1.54) is 18.2 Å². The van der Waals surface area contributed by atoms with Crippen molar-refractivity contribution in [3.63, 3.8) is 0 Å². The lowest BCUT2D eigenvalue weighted by Crippen LogP contribution is -2.14. The minimum atomic E-state index is -0.353. The Hall–Kier alpha value is -2.27. The Morgan fingerprint density at radius 2 is 1.95 bits per heavy atom. The van der Waals surface area contributed by atoms with Crippen LogP contribution in [0.25, 0.3) is 11.0 Å². The molecule has 0 bridgehead atoms. The van der Waals surface area contributed by atoms with E-state index in [4.69, 9.17) is 5.73 Å². The molecule has 5 heteroatoms. The third kappa shape index (κ3) is 2.52. The number of halogens is 2. The predicted molar refractivity (Wildman–Crippen MR) is 77.8 cm³/mol. The number of hydrogen-bond donors (Lipinski definition) is 1. The molecular formula is C16H15F2N3. The summed E-state index contributed by atoms with van der Waals surface area (Å²) in [5.41, 5.74) is 7.75. The number of aromatic nitrogens is 2. The summed E-state index contributed by atoms with van der Waals surface area (Å²) in [7, 11) is 0. The van der Waals surface area contributed by atoms with Gasteiger partial charge in [0.25, 0.3) is 0 Å². The second-order valence-electron chi connectivity index (χ2n) is 5.07. The zero-order valence-corrected chi connectivity index (χ0v) is 11.6. The first-order valence-corrected chi connectivity index (χ1v) is 6.71. The summed E-state index contributed by atoms with van der Waals surface area (Å²) in [5, 5.41) is 0. The second-order valence-corrected chi connectivity index (χ2v) is 5.07. The average Bonchev–Trinajstić information content (AvgIpc) is 2.79. The molecule has 3 rings (SSSR count). The van der Waals surface area contributed by atoms with Crippen molar-refractivity contribution in [2.45, 2.75) is 19.5 Å². The van der Waals surface area contributed by atoms with Gasteiger partial charge in [-0.2, -0.15) is 0 Å². The summed E-state index contributed by atoms with van der Waals surface area (Å²) in [6.07, 6.45) is 0. The molecule has 1 aromatic heterocycles. The van der Waals surface area contributed by atoms with Crippen LogP contribution in [0.15, 0.2) is 42.5 Å². The predicted octanol–water partition coefficient (Wildman–Crippen LogP) is 3.38. The van der Waals surface area contributed by atoms with Gasteiger partial charge in [-0.05, 0) is 25.1 Å². The van der Waals surface area contributed by atoms with Crippen LogP contribution in [0.2, 0.25) is 0 Å². The first kappa shape index (κ1) is 13.7. The minimum Gasteiger partial charge on any atom is -0.322 e. The summed E-state index contributed by atoms with van der Waals surface area (Å²) in [5.74, 6) is -0.0230. The standard InChI is InChI=1S/C16H15F2N3/c1-10(19)16-20-14-8-12(17)6-7-15(14)21(16)9-11-4-2-3-5-13(11)18/h2-8,10H,9,19H2,1H3. The van der Waals surface area contributed by atoms with Crippen LogP contribution in [0.3, 0.4) is 0 Å². The Bertz CT molecular complexity index is 793. The number of hydrogen-bond acceptors (Lipinski definition) is 2. The maximum Gasteiger partial charge on any atom is 0.128 e. The van der Waals surface area contributed by atoms with Gasteiger partial charge in [0.05, 0.1) is 23.6 Å². The van der Waals surface area contributed by atoms with Gasteiger partial charge in [-0.15, -0.1) is 0 Å². The molecule has 1 heterocycles. The van der Waals surface area contributed by atoms with Gasteiger partial charge in [-0.3, -0.25) is 0 Å². The number of imidazole rings is 1. The Balaban J connectivity index is 2.16. The number of nitrogens with two attached hydrogens (primary N) is 1. The molecule has 21 heavy (non-hydrogen) atoms. The van der Waals surface area contributed by atoms with Crippen LogP contribution in [0.5, 0.6) is 0 Å². The van der Waals surface area contributed by atoms with E-state index in [1.54, 1.807) is 31.2 Å². The number of fused-ring (bicyclic) bond motifs is 1. The quantitative estimate of drug-likeness (QED) is 0.802. The fraction of sp³-hybridized carbons (Fsp3) is 0.188. The average molecular weight is 287 g/mol. The largest absolute Gasteiger partial charge is 0.322 e. The first-order valence-electron chi connectivity index (χ1n) is 6.71. The first-order chi connectivity index (χ1) is 10.1. The Morgan fingerprint density at radius 3 is 2.67 bits per heavy atom. The topological polar surface area (TPSA) is 43.8 Å². The fourth-order valence-corrected chi connectivity index (χ4v) is 2.43. The molecule has 2 aromatic carbocycles. The summed E-state index contributed by atoms with van der Waals surface area (Å²) in [6, 6.07) is 10.6. The van der Waals surface area contributed by atoms with Crippen molar-refractivity contribution in [1.82, 2.24) is 9.55 Å². The van der Waals surface area contributed by atoms with Crippen LogP contribution >= 0.6 is 0 Å². The molecule has 0 amide bonds. The fourth-order valence-electron chi connectivity index (χ4n) is 2.43. The summed E-state index contributed by atoms with van der Waals surface area (Å²) in [6.45, 7) is 2.11. The molecule has 3 aromatic rings. The van der Waals surface area contributed by atoms with Gasteiger partial charge in [-0.25, -0.2) is 13.8 Å². The molecular weight excluding hydrogens is 272 g/mol. The van der Waals surface area contributed by atoms with E-state index >= 15 is 0 Å². The molecule has 0 aliphatic rings. The van der Waals surface area contributed by atoms with Gasteiger partial charge < -0.3 is 10.3 Å². The van der Waals surface area contributed by atoms with Crippen molar-refractivity contribution < 1.29 is 8.78 Å². The highest BCUT2D eigenvalue weighted by atomic mass is 19.1. The lowest BCUT2D eigenvalue weighted by atomic mass is 10.2. The summed E-state index contributed by atoms with van der Waals surface area (Å²) in [4.78, 5) is 4.37. The van der Waals surface area contributed by atoms with Gasteiger partial charge >= 0.3 is 0 Å². The SMILES string of the molecule is CC(N)c1nc2cc(F)ccc2n1Cc1ccccc1F. The number of rotatable bonds is 3. The van der Waals surface area contributed by atoms with Crippen LogP contribution in [-0.2, 0) is 6.54 Å². The van der Waals surface area contributed by atoms with Crippen LogP contribution in [-0.4, -0.2) is 9.55 Å². The highest BCUT2D eigenvalue weighted by Gasteiger charge is 2.15. The molecule has 0 saturated heterocycles. The molecule has 2 N–H and O–H groups in total. The smallest absolute Gasteiger partial charge is 0.128 e. The summed E-state index contributed by atoms with van der Waals surface area (Å²) < 4.78 is 29.0. The van der Waals surface area contributed by atoms with Crippen LogP contribution < -0.4 is 5.73 Å². The highest BCUT2D eigenvalue weighted by Crippen LogP contribution is 2.22. The van der Waals surface area contributed by atoms with Crippen molar-refractivity contribution in [3.8, 4) is 0 Å². The van der Waals surface area contributed by atoms with Crippen molar-refractivity contribution in [2.24, 2.45) is 5.73 Å². The Kier molecular flexibility index (Phi) is 3.43. The second kappa shape index (κ2) is 5.26. The maximum absolute atomic E-state index is 13.9. The third-order valence-electron chi connectivity index (χ3n) is 3.43. The highest BCUT2D eigenvalue weighted by molar-refractivity contribution is 5.76. The molecule has 1 atom stereocenters. The lowest BCUT2D eigenvalue weighted by molar-refractivity contribution is 0.590. The van der Waals surface area contributed by atoms with Crippen LogP contribution in [0.4, 0.5) is 8.78 Å². The molecule has 0 radical (unpaired) electrons. The van der Waals surface area contributed by atoms with Gasteiger partial charge in [0.2, 0.25) is 0 Å². The van der Waals surface area contributed by atoms with E-state index in [2.05, 4.69) is 4.98 Å². The number of nitrogens with zero attached hydrogens (tertiary/aromatic N) is 2. The molecule has 0 fully saturated rings. The molecule has 0 aliphatic carbocycles. The van der Waals surface area contributed by atoms with Gasteiger partial charge in [0, 0.05) is 11.6 Å². The normalized spacial score (nSPS) is 12.8. The summed E-state index contributed by atoms with van der Waals surface area (Å²) >= 11 is 0. The van der Waals surface area contributed by atoms with Gasteiger partial charge in [0.15, 0.2) is 0 Å². The molecule has 3 nitrogen and oxygen atoms in total. The van der Waals surface area contributed by atoms with Gasteiger partial charge in [-0.1, -0.05) is 18.2 Å². The molecule has 0 saturated carbocycles. The van der Waals surface area contributed by atoms with E-state index in [9.17, 15) is 8.78 Å². The lowest BCUT2D eigenvalue weighted by Gasteiger charge is -2.12. The van der Waals surface area contributed by atoms with Crippen LogP contribution in [0.1, 0.15) is 24.4 Å². The van der Waals surface area contributed by atoms with Crippen LogP contribution in [0, 0.1) is 11.6 Å². The maximum atomic E-state index is 13.9. The number of benzene rings is 2. The van der Waals surface area contributed by atoms with Crippen molar-refractivity contribution in [3.05, 3.63) is 65.5 Å². The van der Waals surface area contributed by atoms with Gasteiger partial charge in [0.1, 0.15) is 17.5 Å². The third-order valence-corrected chi connectivity index (χ3v) is 3.43. The van der Waals surface area contributed by atoms with Crippen molar-refractivity contribution in [2.75, 3.05) is 0 Å². The molecule has 0 spiro atoms. The molecule has 108 valence electrons. The van der Waals surface area contributed by atoms with E-state index in [1.807, 2.05) is 4.57 Å². The molecule has 1 unspecified atom stereocenters. The van der Waals surface area contributed by atoms with E-state index in [0.717, 1.165) is 5.52 Å². The Labute approximate surface area is 121 Å². The zero-order valence-electron chi connectivity index (χ0n) is 11.6. The minimum absolute atomic E-state index is 0.280. The Morgan fingerprint density at radius 1 is 1.19 bits per heavy atom. The van der Waals surface area contributed by atoms with Crippen molar-refractivity contribution >= 4 is 11.0 Å². The van der Waals surface area contributed by atoms with Crippen molar-refractivity contribution in [1.29, 1.82) is 0 Å². The van der Waals surface area contributed by atoms with E-state index in [-0.39, 0.29) is 17.7 Å². The van der Waals surface area contributed by atoms with E-state index < -0.39 is 0 Å². The zero-order chi connectivity index (χ0) is 15.0. The van der Waals surface area contributed by atoms with E-state index in [0.29, 0.717) is 23.4 Å². The molecule has 0 aliphatic heterocycles. The monoisotopic (exact) mass is 287 g/mol.